The van der Waals surface area contributed by atoms with Gasteiger partial charge in [-0.15, -0.1) is 0 Å². The van der Waals surface area contributed by atoms with E-state index in [9.17, 15) is 0 Å². The van der Waals surface area contributed by atoms with E-state index in [4.69, 9.17) is 5.73 Å². The number of rotatable bonds is 1. The molecule has 1 nitrogen and oxygen atoms in total. The first-order valence-corrected chi connectivity index (χ1v) is 4.78. The van der Waals surface area contributed by atoms with Gasteiger partial charge in [-0.25, -0.2) is 0 Å². The molecular weight excluding hydrogens is 170 g/mol. The Balaban J connectivity index is 2.13. The summed E-state index contributed by atoms with van der Waals surface area (Å²) in [6.07, 6.45) is 0. The molecule has 1 aliphatic carbocycles. The molecule has 0 spiro atoms. The topological polar surface area (TPSA) is 26.0 Å². The van der Waals surface area contributed by atoms with E-state index < -0.39 is 0 Å². The van der Waals surface area contributed by atoms with Crippen LogP contribution in [0, 0.1) is 0 Å². The average Bonchev–Trinajstić information content (AvgIpc) is 2.89. The Hall–Kier alpha value is -1.60. The Bertz CT molecular complexity index is 451. The van der Waals surface area contributed by atoms with Gasteiger partial charge in [-0.1, -0.05) is 54.6 Å². The molecule has 68 valence electrons. The van der Waals surface area contributed by atoms with Crippen LogP contribution < -0.4 is 5.73 Å². The highest BCUT2D eigenvalue weighted by Gasteiger charge is 2.47. The van der Waals surface area contributed by atoms with Crippen LogP contribution in [0.2, 0.25) is 0 Å². The minimum absolute atomic E-state index is 0.301. The number of nitrogens with two attached hydrogens (primary N) is 1. The summed E-state index contributed by atoms with van der Waals surface area (Å²) in [6, 6.07) is 18.5. The number of hydrogen-bond donors (Lipinski definition) is 1. The second-order valence-electron chi connectivity index (χ2n) is 3.72. The molecule has 0 amide bonds. The van der Waals surface area contributed by atoms with Crippen LogP contribution in [0.1, 0.15) is 16.7 Å². The first-order valence-electron chi connectivity index (χ1n) is 4.78. The predicted molar refractivity (Wildman–Crippen MR) is 57.0 cm³/mol. The van der Waals surface area contributed by atoms with Gasteiger partial charge in [-0.05, 0) is 16.7 Å². The van der Waals surface area contributed by atoms with E-state index in [-0.39, 0.29) is 5.54 Å². The molecule has 0 bridgehead atoms. The second-order valence-corrected chi connectivity index (χ2v) is 3.72. The van der Waals surface area contributed by atoms with Crippen molar-refractivity contribution in [2.75, 3.05) is 0 Å². The zero-order chi connectivity index (χ0) is 9.60. The Morgan fingerprint density at radius 1 is 0.714 bits per heavy atom. The minimum atomic E-state index is -0.301. The fourth-order valence-corrected chi connectivity index (χ4v) is 2.09. The monoisotopic (exact) mass is 181 g/mol. The van der Waals surface area contributed by atoms with E-state index in [1.165, 1.54) is 16.7 Å². The van der Waals surface area contributed by atoms with Gasteiger partial charge in [-0.2, -0.15) is 0 Å². The summed E-state index contributed by atoms with van der Waals surface area (Å²) in [5.74, 6) is 0. The highest BCUT2D eigenvalue weighted by Crippen LogP contribution is 2.49. The summed E-state index contributed by atoms with van der Waals surface area (Å²) in [4.78, 5) is 0. The van der Waals surface area contributed by atoms with Gasteiger partial charge in [0.1, 0.15) is 0 Å². The first-order chi connectivity index (χ1) is 6.83. The maximum absolute atomic E-state index is 6.34. The maximum atomic E-state index is 6.34. The van der Waals surface area contributed by atoms with E-state index in [1.54, 1.807) is 0 Å². The van der Waals surface area contributed by atoms with Crippen molar-refractivity contribution in [1.82, 2.24) is 0 Å². The smallest absolute Gasteiger partial charge is 0.0930 e. The molecule has 1 heteroatoms. The molecule has 0 aromatic heterocycles. The Labute approximate surface area is 83.2 Å². The Kier molecular flexibility index (Phi) is 1.36. The molecule has 2 aromatic carbocycles. The molecule has 0 heterocycles. The van der Waals surface area contributed by atoms with Crippen molar-refractivity contribution >= 4 is 0 Å². The van der Waals surface area contributed by atoms with Gasteiger partial charge in [0.05, 0.1) is 5.54 Å². The van der Waals surface area contributed by atoms with Crippen molar-refractivity contribution in [3.63, 3.8) is 0 Å². The lowest BCUT2D eigenvalue weighted by molar-refractivity contribution is 0.801. The molecular formula is C13H11N. The van der Waals surface area contributed by atoms with Crippen LogP contribution in [0.3, 0.4) is 0 Å². The Morgan fingerprint density at radius 3 is 1.79 bits per heavy atom. The first kappa shape index (κ1) is 7.77. The molecule has 2 N–H and O–H groups in total. The van der Waals surface area contributed by atoms with Crippen LogP contribution in [0.25, 0.3) is 0 Å². The number of fused-ring (bicyclic) bond motifs is 1. The van der Waals surface area contributed by atoms with Crippen molar-refractivity contribution in [2.24, 2.45) is 5.73 Å². The predicted octanol–water partition coefficient (Wildman–Crippen LogP) is 2.25. The lowest BCUT2D eigenvalue weighted by Crippen LogP contribution is -2.22. The van der Waals surface area contributed by atoms with Crippen LogP contribution in [0.4, 0.5) is 0 Å². The lowest BCUT2D eigenvalue weighted by Gasteiger charge is -2.09. The highest BCUT2D eigenvalue weighted by atomic mass is 14.8. The van der Waals surface area contributed by atoms with E-state index in [0.29, 0.717) is 0 Å². The largest absolute Gasteiger partial charge is 0.314 e. The summed E-state index contributed by atoms with van der Waals surface area (Å²) in [7, 11) is 0. The van der Waals surface area contributed by atoms with Crippen LogP contribution in [0.5, 0.6) is 0 Å². The van der Waals surface area contributed by atoms with Crippen LogP contribution in [-0.4, -0.2) is 0 Å². The second kappa shape index (κ2) is 2.46. The molecule has 0 radical (unpaired) electrons. The highest BCUT2D eigenvalue weighted by molar-refractivity contribution is 5.65. The average molecular weight is 181 g/mol. The summed E-state index contributed by atoms with van der Waals surface area (Å²) in [6.45, 7) is 0. The summed E-state index contributed by atoms with van der Waals surface area (Å²) >= 11 is 0. The van der Waals surface area contributed by atoms with Crippen molar-refractivity contribution in [3.05, 3.63) is 71.3 Å². The van der Waals surface area contributed by atoms with Crippen molar-refractivity contribution in [3.8, 4) is 0 Å². The zero-order valence-electron chi connectivity index (χ0n) is 7.77. The van der Waals surface area contributed by atoms with Crippen molar-refractivity contribution in [1.29, 1.82) is 0 Å². The minimum Gasteiger partial charge on any atom is -0.314 e. The van der Waals surface area contributed by atoms with Gasteiger partial charge in [0.25, 0.3) is 0 Å². The van der Waals surface area contributed by atoms with Gasteiger partial charge in [0.15, 0.2) is 0 Å². The number of hydrogen-bond acceptors (Lipinski definition) is 1. The molecule has 1 aliphatic rings. The quantitative estimate of drug-likeness (QED) is 0.717. The van der Waals surface area contributed by atoms with Crippen molar-refractivity contribution in [2.45, 2.75) is 5.54 Å². The molecule has 0 saturated carbocycles. The van der Waals surface area contributed by atoms with Crippen LogP contribution >= 0.6 is 0 Å². The van der Waals surface area contributed by atoms with Gasteiger partial charge in [0.2, 0.25) is 0 Å². The van der Waals surface area contributed by atoms with Crippen molar-refractivity contribution < 1.29 is 0 Å². The molecule has 0 fully saturated rings. The molecule has 0 unspecified atom stereocenters. The fraction of sp³-hybridized carbons (Fsp3) is 0.0769. The lowest BCUT2D eigenvalue weighted by atomic mass is 10.0. The van der Waals surface area contributed by atoms with Gasteiger partial charge >= 0.3 is 0 Å². The molecule has 0 aliphatic heterocycles. The van der Waals surface area contributed by atoms with Crippen LogP contribution in [-0.2, 0) is 5.54 Å². The Morgan fingerprint density at radius 2 is 1.21 bits per heavy atom. The zero-order valence-corrected chi connectivity index (χ0v) is 7.77. The van der Waals surface area contributed by atoms with Gasteiger partial charge < -0.3 is 5.73 Å². The molecule has 14 heavy (non-hydrogen) atoms. The molecule has 0 saturated heterocycles. The third-order valence-electron chi connectivity index (χ3n) is 2.94. The normalized spacial score (nSPS) is 16.1. The molecule has 3 rings (SSSR count). The summed E-state index contributed by atoms with van der Waals surface area (Å²) in [5.41, 5.74) is 9.73. The van der Waals surface area contributed by atoms with E-state index in [2.05, 4.69) is 24.3 Å². The van der Waals surface area contributed by atoms with Gasteiger partial charge in [0, 0.05) is 0 Å². The van der Waals surface area contributed by atoms with E-state index in [0.717, 1.165) is 0 Å². The third-order valence-corrected chi connectivity index (χ3v) is 2.94. The number of benzene rings is 2. The fourth-order valence-electron chi connectivity index (χ4n) is 2.09. The molecule has 0 atom stereocenters. The van der Waals surface area contributed by atoms with E-state index >= 15 is 0 Å². The van der Waals surface area contributed by atoms with Gasteiger partial charge in [-0.3, -0.25) is 0 Å². The summed E-state index contributed by atoms with van der Waals surface area (Å²) in [5, 5.41) is 0. The SMILES string of the molecule is NC1(c2ccccc2)c2ccccc21. The maximum Gasteiger partial charge on any atom is 0.0930 e. The van der Waals surface area contributed by atoms with Crippen LogP contribution in [0.15, 0.2) is 54.6 Å². The molecule has 2 aromatic rings. The standard InChI is InChI=1S/C13H11N/c14-13(10-6-2-1-3-7-10)11-8-4-5-9-12(11)13/h1-9H,14H2. The van der Waals surface area contributed by atoms with E-state index in [1.807, 2.05) is 30.3 Å². The summed E-state index contributed by atoms with van der Waals surface area (Å²) < 4.78 is 0. The third kappa shape index (κ3) is 0.824.